The van der Waals surface area contributed by atoms with Crippen molar-refractivity contribution in [3.05, 3.63) is 35.9 Å². The first-order chi connectivity index (χ1) is 9.46. The normalized spacial score (nSPS) is 19.1. The summed E-state index contributed by atoms with van der Waals surface area (Å²) >= 11 is 0. The van der Waals surface area contributed by atoms with Gasteiger partial charge in [-0.2, -0.15) is 0 Å². The summed E-state index contributed by atoms with van der Waals surface area (Å²) in [5.41, 5.74) is 0.892. The summed E-state index contributed by atoms with van der Waals surface area (Å²) in [6, 6.07) is 8.95. The van der Waals surface area contributed by atoms with Gasteiger partial charge < -0.3 is 9.64 Å². The van der Waals surface area contributed by atoms with E-state index in [4.69, 9.17) is 9.88 Å². The number of likely N-dealkylation sites (tertiary alicyclic amines) is 1. The topological polar surface area (TPSA) is 89.7 Å². The SMILES string of the molecule is NS(=O)(=O)C[C@@H]1CCCN1C(=O)OCc1ccccc1. The summed E-state index contributed by atoms with van der Waals surface area (Å²) in [7, 11) is -3.59. The lowest BCUT2D eigenvalue weighted by molar-refractivity contribution is 0.0948. The molecule has 1 fully saturated rings. The Hall–Kier alpha value is -1.60. The summed E-state index contributed by atoms with van der Waals surface area (Å²) in [6.07, 6.45) is 0.914. The third-order valence-electron chi connectivity index (χ3n) is 3.24. The average Bonchev–Trinajstić information content (AvgIpc) is 2.83. The van der Waals surface area contributed by atoms with Gasteiger partial charge in [0.25, 0.3) is 0 Å². The zero-order chi connectivity index (χ0) is 14.6. The van der Waals surface area contributed by atoms with E-state index in [9.17, 15) is 13.2 Å². The van der Waals surface area contributed by atoms with Crippen molar-refractivity contribution in [2.24, 2.45) is 5.14 Å². The van der Waals surface area contributed by atoms with Crippen molar-refractivity contribution in [3.8, 4) is 0 Å². The number of rotatable bonds is 4. The molecule has 20 heavy (non-hydrogen) atoms. The van der Waals surface area contributed by atoms with Crippen molar-refractivity contribution in [1.29, 1.82) is 0 Å². The van der Waals surface area contributed by atoms with Gasteiger partial charge in [-0.25, -0.2) is 18.4 Å². The third-order valence-corrected chi connectivity index (χ3v) is 4.09. The number of benzene rings is 1. The van der Waals surface area contributed by atoms with Gasteiger partial charge in [-0.15, -0.1) is 0 Å². The Labute approximate surface area is 118 Å². The monoisotopic (exact) mass is 298 g/mol. The molecule has 0 bridgehead atoms. The molecule has 110 valence electrons. The second-order valence-electron chi connectivity index (χ2n) is 4.86. The van der Waals surface area contributed by atoms with Crippen molar-refractivity contribution in [2.45, 2.75) is 25.5 Å². The molecule has 1 atom stereocenters. The van der Waals surface area contributed by atoms with E-state index < -0.39 is 16.1 Å². The van der Waals surface area contributed by atoms with E-state index in [1.54, 1.807) is 0 Å². The number of nitrogens with zero attached hydrogens (tertiary/aromatic N) is 1. The zero-order valence-corrected chi connectivity index (χ0v) is 11.9. The van der Waals surface area contributed by atoms with Crippen LogP contribution in [-0.2, 0) is 21.4 Å². The highest BCUT2D eigenvalue weighted by Gasteiger charge is 2.32. The molecule has 0 saturated carbocycles. The first-order valence-corrected chi connectivity index (χ1v) is 8.15. The van der Waals surface area contributed by atoms with Crippen molar-refractivity contribution in [1.82, 2.24) is 4.90 Å². The number of ether oxygens (including phenoxy) is 1. The minimum absolute atomic E-state index is 0.179. The molecule has 0 spiro atoms. The molecule has 0 unspecified atom stereocenters. The van der Waals surface area contributed by atoms with Crippen molar-refractivity contribution in [2.75, 3.05) is 12.3 Å². The lowest BCUT2D eigenvalue weighted by Crippen LogP contribution is -2.41. The maximum atomic E-state index is 12.0. The summed E-state index contributed by atoms with van der Waals surface area (Å²) < 4.78 is 27.5. The average molecular weight is 298 g/mol. The van der Waals surface area contributed by atoms with Gasteiger partial charge in [0.1, 0.15) is 6.61 Å². The number of amides is 1. The minimum Gasteiger partial charge on any atom is -0.445 e. The number of hydrogen-bond acceptors (Lipinski definition) is 4. The van der Waals surface area contributed by atoms with Crippen molar-refractivity contribution in [3.63, 3.8) is 0 Å². The Bertz CT molecular complexity index is 559. The molecule has 2 rings (SSSR count). The zero-order valence-electron chi connectivity index (χ0n) is 11.1. The summed E-state index contributed by atoms with van der Waals surface area (Å²) in [4.78, 5) is 13.4. The number of hydrogen-bond donors (Lipinski definition) is 1. The van der Waals surface area contributed by atoms with Crippen LogP contribution in [0.3, 0.4) is 0 Å². The Balaban J connectivity index is 1.91. The lowest BCUT2D eigenvalue weighted by Gasteiger charge is -2.23. The first-order valence-electron chi connectivity index (χ1n) is 6.43. The molecule has 1 aromatic rings. The molecule has 2 N–H and O–H groups in total. The van der Waals surface area contributed by atoms with Gasteiger partial charge in [-0.1, -0.05) is 30.3 Å². The molecule has 6 nitrogen and oxygen atoms in total. The number of carbonyl (C=O) groups is 1. The lowest BCUT2D eigenvalue weighted by atomic mass is 10.2. The third kappa shape index (κ3) is 4.21. The quantitative estimate of drug-likeness (QED) is 0.900. The second kappa shape index (κ2) is 6.23. The Kier molecular flexibility index (Phi) is 4.61. The summed E-state index contributed by atoms with van der Waals surface area (Å²) in [6.45, 7) is 0.687. The van der Waals surface area contributed by atoms with Gasteiger partial charge in [0.05, 0.1) is 11.8 Å². The molecule has 1 aliphatic rings. The molecule has 1 heterocycles. The second-order valence-corrected chi connectivity index (χ2v) is 6.52. The van der Waals surface area contributed by atoms with E-state index >= 15 is 0 Å². The fourth-order valence-electron chi connectivity index (χ4n) is 2.32. The van der Waals surface area contributed by atoms with Gasteiger partial charge in [0.15, 0.2) is 0 Å². The highest BCUT2D eigenvalue weighted by atomic mass is 32.2. The van der Waals surface area contributed by atoms with Crippen LogP contribution >= 0.6 is 0 Å². The molecule has 0 aliphatic carbocycles. The predicted octanol–water partition coefficient (Wildman–Crippen LogP) is 1.08. The Morgan fingerprint density at radius 1 is 1.35 bits per heavy atom. The van der Waals surface area contributed by atoms with E-state index in [2.05, 4.69) is 0 Å². The predicted molar refractivity (Wildman–Crippen MR) is 74.3 cm³/mol. The molecule has 0 radical (unpaired) electrons. The van der Waals surface area contributed by atoms with E-state index in [0.717, 1.165) is 12.0 Å². The van der Waals surface area contributed by atoms with Crippen LogP contribution in [0.15, 0.2) is 30.3 Å². The van der Waals surface area contributed by atoms with Crippen molar-refractivity contribution < 1.29 is 17.9 Å². The maximum Gasteiger partial charge on any atom is 0.410 e. The van der Waals surface area contributed by atoms with Crippen LogP contribution in [0.1, 0.15) is 18.4 Å². The van der Waals surface area contributed by atoms with Crippen LogP contribution in [0.5, 0.6) is 0 Å². The van der Waals surface area contributed by atoms with Crippen molar-refractivity contribution >= 4 is 16.1 Å². The summed E-state index contributed by atoms with van der Waals surface area (Å²) in [5.74, 6) is -0.215. The van der Waals surface area contributed by atoms with Crippen LogP contribution in [0.4, 0.5) is 4.79 Å². The van der Waals surface area contributed by atoms with Gasteiger partial charge >= 0.3 is 6.09 Å². The molecule has 1 aromatic carbocycles. The molecular formula is C13H18N2O4S. The number of sulfonamides is 1. The van der Waals surface area contributed by atoms with E-state index in [0.29, 0.717) is 13.0 Å². The maximum absolute atomic E-state index is 12.0. The highest BCUT2D eigenvalue weighted by Crippen LogP contribution is 2.19. The number of carbonyl (C=O) groups excluding carboxylic acids is 1. The smallest absolute Gasteiger partial charge is 0.410 e. The Morgan fingerprint density at radius 3 is 2.70 bits per heavy atom. The standard InChI is InChI=1S/C13H18N2O4S/c14-20(17,18)10-12-7-4-8-15(12)13(16)19-9-11-5-2-1-3-6-11/h1-3,5-6,12H,4,7-10H2,(H2,14,17,18)/t12-/m0/s1. The molecular weight excluding hydrogens is 280 g/mol. The van der Waals surface area contributed by atoms with E-state index in [1.807, 2.05) is 30.3 Å². The van der Waals surface area contributed by atoms with Gasteiger partial charge in [-0.3, -0.25) is 0 Å². The highest BCUT2D eigenvalue weighted by molar-refractivity contribution is 7.89. The number of primary sulfonamides is 1. The molecule has 7 heteroatoms. The van der Waals surface area contributed by atoms with E-state index in [-0.39, 0.29) is 18.4 Å². The van der Waals surface area contributed by atoms with Crippen LogP contribution in [0.2, 0.25) is 0 Å². The van der Waals surface area contributed by atoms with Gasteiger partial charge in [0, 0.05) is 6.54 Å². The van der Waals surface area contributed by atoms with Crippen LogP contribution < -0.4 is 5.14 Å². The van der Waals surface area contributed by atoms with E-state index in [1.165, 1.54) is 4.90 Å². The largest absolute Gasteiger partial charge is 0.445 e. The molecule has 1 saturated heterocycles. The van der Waals surface area contributed by atoms with Crippen LogP contribution in [0, 0.1) is 0 Å². The Morgan fingerprint density at radius 2 is 2.05 bits per heavy atom. The van der Waals surface area contributed by atoms with Gasteiger partial charge in [0.2, 0.25) is 10.0 Å². The molecule has 1 aliphatic heterocycles. The van der Waals surface area contributed by atoms with Crippen LogP contribution in [0.25, 0.3) is 0 Å². The molecule has 1 amide bonds. The van der Waals surface area contributed by atoms with Gasteiger partial charge in [-0.05, 0) is 18.4 Å². The summed E-state index contributed by atoms with van der Waals surface area (Å²) in [5, 5.41) is 5.04. The fourth-order valence-corrected chi connectivity index (χ4v) is 3.20. The number of nitrogens with two attached hydrogens (primary N) is 1. The molecule has 0 aromatic heterocycles. The fraction of sp³-hybridized carbons (Fsp3) is 0.462. The van der Waals surface area contributed by atoms with Crippen LogP contribution in [-0.4, -0.2) is 37.8 Å². The first kappa shape index (κ1) is 14.8. The minimum atomic E-state index is -3.59.